The second-order valence-corrected chi connectivity index (χ2v) is 8.11. The number of nitrogens with one attached hydrogen (secondary N) is 1. The maximum Gasteiger partial charge on any atom is 0.237 e. The van der Waals surface area contributed by atoms with E-state index in [1.165, 1.54) is 6.20 Å². The molecule has 0 aliphatic carbocycles. The summed E-state index contributed by atoms with van der Waals surface area (Å²) in [4.78, 5) is 19.8. The summed E-state index contributed by atoms with van der Waals surface area (Å²) in [5.74, 6) is 0.690. The minimum Gasteiger partial charge on any atom is -0.388 e. The fourth-order valence-corrected chi connectivity index (χ4v) is 4.07. The number of alkyl halides is 1. The standard InChI is InChI=1S/C21H30ClN5O4/c1-15-21(30-10-2-5-24-18-4-3-16(12-23)13-25-18)20(29)17(31-15)14-26-6-8-27(9-7-26)19(28)11-22/h3-4,13,15,17,20-21,29H,2,5-11,14H2,1H3,(H,24,25). The van der Waals surface area contributed by atoms with E-state index in [2.05, 4.69) is 15.2 Å². The van der Waals surface area contributed by atoms with Crippen LogP contribution < -0.4 is 5.32 Å². The lowest BCUT2D eigenvalue weighted by atomic mass is 10.1. The van der Waals surface area contributed by atoms with Gasteiger partial charge in [0.1, 0.15) is 30.0 Å². The molecule has 0 spiro atoms. The number of aromatic nitrogens is 1. The van der Waals surface area contributed by atoms with E-state index in [1.807, 2.05) is 13.0 Å². The second-order valence-electron chi connectivity index (χ2n) is 7.84. The number of hydrogen-bond acceptors (Lipinski definition) is 8. The Kier molecular flexibility index (Phi) is 8.87. The van der Waals surface area contributed by atoms with E-state index < -0.39 is 6.10 Å². The number of nitrogens with zero attached hydrogens (tertiary/aromatic N) is 4. The molecule has 4 unspecified atom stereocenters. The molecule has 170 valence electrons. The van der Waals surface area contributed by atoms with Crippen LogP contribution in [0, 0.1) is 11.3 Å². The van der Waals surface area contributed by atoms with Crippen LogP contribution in [0.25, 0.3) is 0 Å². The molecule has 0 bridgehead atoms. The first kappa shape index (κ1) is 23.7. The summed E-state index contributed by atoms with van der Waals surface area (Å²) in [5.41, 5.74) is 0.526. The van der Waals surface area contributed by atoms with E-state index in [0.717, 1.165) is 19.5 Å². The molecular weight excluding hydrogens is 422 g/mol. The van der Waals surface area contributed by atoms with Gasteiger partial charge in [0.25, 0.3) is 0 Å². The normalized spacial score (nSPS) is 26.6. The lowest BCUT2D eigenvalue weighted by molar-refractivity contribution is -0.130. The third kappa shape index (κ3) is 6.51. The monoisotopic (exact) mass is 451 g/mol. The SMILES string of the molecule is CC1OC(CN2CCN(C(=O)CCl)CC2)C(O)C1OCCCNc1ccc(C#N)cn1. The highest BCUT2D eigenvalue weighted by molar-refractivity contribution is 6.27. The number of anilines is 1. The Balaban J connectivity index is 1.35. The molecular formula is C21H30ClN5O4. The fourth-order valence-electron chi connectivity index (χ4n) is 3.90. The van der Waals surface area contributed by atoms with Gasteiger partial charge in [0.05, 0.1) is 17.8 Å². The number of pyridine rings is 1. The van der Waals surface area contributed by atoms with Crippen LogP contribution in [0.2, 0.25) is 0 Å². The molecule has 4 atom stereocenters. The van der Waals surface area contributed by atoms with Crippen LogP contribution in [0.1, 0.15) is 18.9 Å². The van der Waals surface area contributed by atoms with Crippen LogP contribution in [-0.4, -0.2) is 102 Å². The summed E-state index contributed by atoms with van der Waals surface area (Å²) in [6.07, 6.45) is 0.729. The number of amides is 1. The molecule has 3 rings (SSSR count). The molecule has 0 saturated carbocycles. The Hall–Kier alpha value is -1.96. The zero-order chi connectivity index (χ0) is 22.2. The largest absolute Gasteiger partial charge is 0.388 e. The van der Waals surface area contributed by atoms with Gasteiger partial charge in [-0.1, -0.05) is 0 Å². The van der Waals surface area contributed by atoms with E-state index in [4.69, 9.17) is 26.3 Å². The van der Waals surface area contributed by atoms with E-state index in [0.29, 0.717) is 44.2 Å². The van der Waals surface area contributed by atoms with Gasteiger partial charge < -0.3 is 24.8 Å². The molecule has 0 aromatic carbocycles. The Morgan fingerprint density at radius 3 is 2.84 bits per heavy atom. The zero-order valence-electron chi connectivity index (χ0n) is 17.7. The number of carbonyl (C=O) groups is 1. The van der Waals surface area contributed by atoms with Crippen LogP contribution >= 0.6 is 11.6 Å². The smallest absolute Gasteiger partial charge is 0.237 e. The molecule has 1 amide bonds. The zero-order valence-corrected chi connectivity index (χ0v) is 18.5. The van der Waals surface area contributed by atoms with Crippen LogP contribution in [0.15, 0.2) is 18.3 Å². The molecule has 9 nitrogen and oxygen atoms in total. The summed E-state index contributed by atoms with van der Waals surface area (Å²) >= 11 is 5.62. The number of halogens is 1. The number of piperazine rings is 1. The lowest BCUT2D eigenvalue weighted by Gasteiger charge is -2.36. The van der Waals surface area contributed by atoms with Crippen molar-refractivity contribution >= 4 is 23.3 Å². The van der Waals surface area contributed by atoms with Gasteiger partial charge in [-0.25, -0.2) is 4.98 Å². The highest BCUT2D eigenvalue weighted by Crippen LogP contribution is 2.25. The average molecular weight is 452 g/mol. The molecule has 2 saturated heterocycles. The van der Waals surface area contributed by atoms with Crippen molar-refractivity contribution in [1.82, 2.24) is 14.8 Å². The summed E-state index contributed by atoms with van der Waals surface area (Å²) in [5, 5.41) is 22.7. The lowest BCUT2D eigenvalue weighted by Crippen LogP contribution is -2.52. The molecule has 0 radical (unpaired) electrons. The maximum absolute atomic E-state index is 11.7. The highest BCUT2D eigenvalue weighted by Gasteiger charge is 2.42. The van der Waals surface area contributed by atoms with Crippen LogP contribution in [0.3, 0.4) is 0 Å². The van der Waals surface area contributed by atoms with E-state index in [-0.39, 0.29) is 30.1 Å². The quantitative estimate of drug-likeness (QED) is 0.416. The van der Waals surface area contributed by atoms with Crippen LogP contribution in [-0.2, 0) is 14.3 Å². The van der Waals surface area contributed by atoms with Crippen molar-refractivity contribution in [3.05, 3.63) is 23.9 Å². The number of rotatable bonds is 9. The minimum atomic E-state index is -0.689. The number of carbonyl (C=O) groups excluding carboxylic acids is 1. The third-order valence-corrected chi connectivity index (χ3v) is 5.91. The van der Waals surface area contributed by atoms with E-state index in [1.54, 1.807) is 17.0 Å². The number of nitriles is 1. The highest BCUT2D eigenvalue weighted by atomic mass is 35.5. The first-order valence-corrected chi connectivity index (χ1v) is 11.2. The van der Waals surface area contributed by atoms with Crippen molar-refractivity contribution < 1.29 is 19.4 Å². The predicted molar refractivity (Wildman–Crippen MR) is 116 cm³/mol. The van der Waals surface area contributed by atoms with E-state index in [9.17, 15) is 9.90 Å². The number of ether oxygens (including phenoxy) is 2. The molecule has 2 aliphatic heterocycles. The fraction of sp³-hybridized carbons (Fsp3) is 0.667. The molecule has 2 N–H and O–H groups in total. The molecule has 10 heteroatoms. The summed E-state index contributed by atoms with van der Waals surface area (Å²) < 4.78 is 11.9. The minimum absolute atomic E-state index is 0.0144. The molecule has 1 aromatic heterocycles. The van der Waals surface area contributed by atoms with Gasteiger partial charge in [-0.05, 0) is 25.5 Å². The number of aliphatic hydroxyl groups excluding tert-OH is 1. The Morgan fingerprint density at radius 1 is 1.42 bits per heavy atom. The van der Waals surface area contributed by atoms with Crippen molar-refractivity contribution in [2.45, 2.75) is 37.8 Å². The Bertz CT molecular complexity index is 751. The van der Waals surface area contributed by atoms with Crippen LogP contribution in [0.5, 0.6) is 0 Å². The van der Waals surface area contributed by atoms with Gasteiger partial charge in [0.2, 0.25) is 5.91 Å². The molecule has 31 heavy (non-hydrogen) atoms. The van der Waals surface area contributed by atoms with Gasteiger partial charge in [0.15, 0.2) is 0 Å². The van der Waals surface area contributed by atoms with Crippen molar-refractivity contribution in [3.63, 3.8) is 0 Å². The summed E-state index contributed by atoms with van der Waals surface area (Å²) in [7, 11) is 0. The second kappa shape index (κ2) is 11.6. The van der Waals surface area contributed by atoms with E-state index >= 15 is 0 Å². The van der Waals surface area contributed by atoms with Crippen molar-refractivity contribution in [2.24, 2.45) is 0 Å². The van der Waals surface area contributed by atoms with Gasteiger partial charge in [-0.15, -0.1) is 11.6 Å². The van der Waals surface area contributed by atoms with Crippen LogP contribution in [0.4, 0.5) is 5.82 Å². The third-order valence-electron chi connectivity index (χ3n) is 5.68. The topological polar surface area (TPSA) is 111 Å². The molecule has 1 aromatic rings. The predicted octanol–water partition coefficient (Wildman–Crippen LogP) is 0.672. The van der Waals surface area contributed by atoms with Gasteiger partial charge in [-0.3, -0.25) is 9.69 Å². The molecule has 2 fully saturated rings. The Labute approximate surface area is 187 Å². The number of hydrogen-bond donors (Lipinski definition) is 2. The van der Waals surface area contributed by atoms with Gasteiger partial charge >= 0.3 is 0 Å². The first-order valence-electron chi connectivity index (χ1n) is 10.6. The molecule has 3 heterocycles. The maximum atomic E-state index is 11.7. The first-order chi connectivity index (χ1) is 15.0. The summed E-state index contributed by atoms with van der Waals surface area (Å²) in [6.45, 7) is 6.46. The van der Waals surface area contributed by atoms with Crippen molar-refractivity contribution in [3.8, 4) is 6.07 Å². The van der Waals surface area contributed by atoms with Gasteiger partial charge in [-0.2, -0.15) is 5.26 Å². The van der Waals surface area contributed by atoms with Crippen molar-refractivity contribution in [1.29, 1.82) is 5.26 Å². The molecule has 2 aliphatic rings. The average Bonchev–Trinajstić information content (AvgIpc) is 3.06. The Morgan fingerprint density at radius 2 is 2.19 bits per heavy atom. The summed E-state index contributed by atoms with van der Waals surface area (Å²) in [6, 6.07) is 5.53. The number of aliphatic hydroxyl groups is 1. The van der Waals surface area contributed by atoms with Crippen molar-refractivity contribution in [2.75, 3.05) is 57.1 Å². The van der Waals surface area contributed by atoms with Gasteiger partial charge in [0, 0.05) is 52.1 Å².